The summed E-state index contributed by atoms with van der Waals surface area (Å²) in [5.41, 5.74) is 2.85. The minimum absolute atomic E-state index is 0.160. The molecule has 1 N–H and O–H groups in total. The van der Waals surface area contributed by atoms with Gasteiger partial charge in [-0.05, 0) is 43.3 Å². The summed E-state index contributed by atoms with van der Waals surface area (Å²) in [6, 6.07) is 14.3. The number of imidazole rings is 1. The van der Waals surface area contributed by atoms with Crippen molar-refractivity contribution in [2.75, 3.05) is 12.4 Å². The van der Waals surface area contributed by atoms with Gasteiger partial charge < -0.3 is 14.6 Å². The number of rotatable bonds is 4. The Morgan fingerprint density at radius 2 is 1.83 bits per heavy atom. The van der Waals surface area contributed by atoms with Crippen molar-refractivity contribution in [3.05, 3.63) is 59.9 Å². The number of ether oxygens (including phenoxy) is 1. The number of amides is 1. The first-order valence-electron chi connectivity index (χ1n) is 7.48. The van der Waals surface area contributed by atoms with Gasteiger partial charge >= 0.3 is 5.97 Å². The zero-order valence-corrected chi connectivity index (χ0v) is 13.4. The van der Waals surface area contributed by atoms with Crippen LogP contribution >= 0.6 is 0 Å². The fraction of sp³-hybridized carbons (Fsp3) is 0.167. The number of para-hydroxylation sites is 2. The Hall–Kier alpha value is -3.15. The Bertz CT molecular complexity index is 898. The van der Waals surface area contributed by atoms with E-state index in [0.29, 0.717) is 11.3 Å². The lowest BCUT2D eigenvalue weighted by Gasteiger charge is -2.09. The van der Waals surface area contributed by atoms with E-state index in [1.54, 1.807) is 24.3 Å². The number of hydrogen-bond donors (Lipinski definition) is 1. The summed E-state index contributed by atoms with van der Waals surface area (Å²) < 4.78 is 6.51. The second-order valence-corrected chi connectivity index (χ2v) is 5.35. The van der Waals surface area contributed by atoms with Gasteiger partial charge in [-0.1, -0.05) is 12.1 Å². The molecule has 122 valence electrons. The lowest BCUT2D eigenvalue weighted by molar-refractivity contribution is -0.116. The minimum Gasteiger partial charge on any atom is -0.465 e. The van der Waals surface area contributed by atoms with Crippen LogP contribution in [0.2, 0.25) is 0 Å². The summed E-state index contributed by atoms with van der Waals surface area (Å²) in [5, 5.41) is 2.82. The number of benzene rings is 2. The van der Waals surface area contributed by atoms with Crippen molar-refractivity contribution in [1.82, 2.24) is 9.55 Å². The number of carbonyl (C=O) groups is 2. The molecule has 0 unspecified atom stereocenters. The van der Waals surface area contributed by atoms with E-state index in [2.05, 4.69) is 15.0 Å². The highest BCUT2D eigenvalue weighted by Gasteiger charge is 2.11. The molecule has 6 nitrogen and oxygen atoms in total. The lowest BCUT2D eigenvalue weighted by atomic mass is 10.2. The summed E-state index contributed by atoms with van der Waals surface area (Å²) in [6.07, 6.45) is 0. The molecule has 1 heterocycles. The topological polar surface area (TPSA) is 73.2 Å². The highest BCUT2D eigenvalue weighted by molar-refractivity contribution is 5.93. The molecule has 3 rings (SSSR count). The number of hydrogen-bond acceptors (Lipinski definition) is 4. The fourth-order valence-electron chi connectivity index (χ4n) is 2.55. The molecule has 0 fully saturated rings. The number of methoxy groups -OCH3 is 1. The van der Waals surface area contributed by atoms with E-state index >= 15 is 0 Å². The van der Waals surface area contributed by atoms with Gasteiger partial charge in [0.25, 0.3) is 0 Å². The molecule has 1 aromatic heterocycles. The molecular weight excluding hydrogens is 306 g/mol. The molecule has 0 atom stereocenters. The summed E-state index contributed by atoms with van der Waals surface area (Å²) in [7, 11) is 1.33. The van der Waals surface area contributed by atoms with Crippen LogP contribution in [0, 0.1) is 6.92 Å². The van der Waals surface area contributed by atoms with Gasteiger partial charge in [-0.15, -0.1) is 0 Å². The Labute approximate surface area is 139 Å². The molecule has 0 saturated heterocycles. The van der Waals surface area contributed by atoms with Crippen LogP contribution in [0.5, 0.6) is 0 Å². The molecule has 2 aromatic carbocycles. The Morgan fingerprint density at radius 3 is 2.54 bits per heavy atom. The van der Waals surface area contributed by atoms with Crippen molar-refractivity contribution in [1.29, 1.82) is 0 Å². The zero-order valence-electron chi connectivity index (χ0n) is 13.4. The van der Waals surface area contributed by atoms with E-state index in [1.807, 2.05) is 35.8 Å². The summed E-state index contributed by atoms with van der Waals surface area (Å²) >= 11 is 0. The van der Waals surface area contributed by atoms with Gasteiger partial charge in [0, 0.05) is 5.69 Å². The molecule has 0 aliphatic heterocycles. The van der Waals surface area contributed by atoms with Gasteiger partial charge in [-0.3, -0.25) is 4.79 Å². The van der Waals surface area contributed by atoms with Crippen LogP contribution in [-0.4, -0.2) is 28.5 Å². The maximum absolute atomic E-state index is 12.3. The molecule has 0 aliphatic carbocycles. The number of nitrogens with zero attached hydrogens (tertiary/aromatic N) is 2. The number of fused-ring (bicyclic) bond motifs is 1. The molecule has 0 bridgehead atoms. The van der Waals surface area contributed by atoms with Gasteiger partial charge in [0.15, 0.2) is 0 Å². The van der Waals surface area contributed by atoms with Gasteiger partial charge in [0.1, 0.15) is 12.4 Å². The molecule has 1 amide bonds. The monoisotopic (exact) mass is 323 g/mol. The second kappa shape index (κ2) is 6.54. The van der Waals surface area contributed by atoms with Crippen LogP contribution in [0.4, 0.5) is 5.69 Å². The molecule has 0 radical (unpaired) electrons. The molecular formula is C18H17N3O3. The van der Waals surface area contributed by atoms with Crippen LogP contribution in [0.15, 0.2) is 48.5 Å². The summed E-state index contributed by atoms with van der Waals surface area (Å²) in [6.45, 7) is 2.05. The number of aromatic nitrogens is 2. The highest BCUT2D eigenvalue weighted by Crippen LogP contribution is 2.16. The van der Waals surface area contributed by atoms with Gasteiger partial charge in [0.2, 0.25) is 5.91 Å². The lowest BCUT2D eigenvalue weighted by Crippen LogP contribution is -2.19. The largest absolute Gasteiger partial charge is 0.465 e. The van der Waals surface area contributed by atoms with Gasteiger partial charge in [-0.2, -0.15) is 0 Å². The first-order chi connectivity index (χ1) is 11.6. The molecule has 0 spiro atoms. The van der Waals surface area contributed by atoms with E-state index in [1.165, 1.54) is 7.11 Å². The standard InChI is InChI=1S/C18H17N3O3/c1-12-19-15-5-3-4-6-16(15)21(12)11-17(22)20-14-9-7-13(8-10-14)18(23)24-2/h3-10H,11H2,1-2H3,(H,20,22). The SMILES string of the molecule is COC(=O)c1ccc(NC(=O)Cn2c(C)nc3ccccc32)cc1. The van der Waals surface area contributed by atoms with Crippen LogP contribution in [-0.2, 0) is 16.1 Å². The van der Waals surface area contributed by atoms with E-state index in [9.17, 15) is 9.59 Å². The summed E-state index contributed by atoms with van der Waals surface area (Å²) in [5.74, 6) is 0.216. The average Bonchev–Trinajstić information content (AvgIpc) is 2.90. The van der Waals surface area contributed by atoms with Crippen molar-refractivity contribution >= 4 is 28.6 Å². The Balaban J connectivity index is 1.73. The zero-order chi connectivity index (χ0) is 17.1. The smallest absolute Gasteiger partial charge is 0.337 e. The Kier molecular flexibility index (Phi) is 4.29. The quantitative estimate of drug-likeness (QED) is 0.749. The maximum atomic E-state index is 12.3. The van der Waals surface area contributed by atoms with E-state index in [4.69, 9.17) is 0 Å². The number of nitrogens with one attached hydrogen (secondary N) is 1. The van der Waals surface area contributed by atoms with Crippen LogP contribution < -0.4 is 5.32 Å². The van der Waals surface area contributed by atoms with Crippen molar-refractivity contribution in [3.8, 4) is 0 Å². The second-order valence-electron chi connectivity index (χ2n) is 5.35. The average molecular weight is 323 g/mol. The fourth-order valence-corrected chi connectivity index (χ4v) is 2.55. The predicted octanol–water partition coefficient (Wildman–Crippen LogP) is 2.77. The third kappa shape index (κ3) is 3.12. The predicted molar refractivity (Wildman–Crippen MR) is 90.9 cm³/mol. The number of anilines is 1. The number of esters is 1. The van der Waals surface area contributed by atoms with E-state index < -0.39 is 5.97 Å². The molecule has 6 heteroatoms. The van der Waals surface area contributed by atoms with E-state index in [0.717, 1.165) is 16.9 Å². The van der Waals surface area contributed by atoms with E-state index in [-0.39, 0.29) is 12.5 Å². The molecule has 24 heavy (non-hydrogen) atoms. The van der Waals surface area contributed by atoms with Crippen molar-refractivity contribution < 1.29 is 14.3 Å². The van der Waals surface area contributed by atoms with Crippen LogP contribution in [0.25, 0.3) is 11.0 Å². The van der Waals surface area contributed by atoms with Gasteiger partial charge in [-0.25, -0.2) is 9.78 Å². The number of carbonyl (C=O) groups excluding carboxylic acids is 2. The normalized spacial score (nSPS) is 10.6. The first kappa shape index (κ1) is 15.7. The van der Waals surface area contributed by atoms with Crippen molar-refractivity contribution in [2.24, 2.45) is 0 Å². The van der Waals surface area contributed by atoms with Crippen LogP contribution in [0.3, 0.4) is 0 Å². The number of aryl methyl sites for hydroxylation is 1. The minimum atomic E-state index is -0.409. The third-order valence-electron chi connectivity index (χ3n) is 3.74. The first-order valence-corrected chi connectivity index (χ1v) is 7.48. The van der Waals surface area contributed by atoms with Crippen molar-refractivity contribution in [2.45, 2.75) is 13.5 Å². The Morgan fingerprint density at radius 1 is 1.12 bits per heavy atom. The molecule has 0 aliphatic rings. The third-order valence-corrected chi connectivity index (χ3v) is 3.74. The van der Waals surface area contributed by atoms with Crippen molar-refractivity contribution in [3.63, 3.8) is 0 Å². The molecule has 3 aromatic rings. The van der Waals surface area contributed by atoms with Gasteiger partial charge in [0.05, 0.1) is 23.7 Å². The van der Waals surface area contributed by atoms with Crippen LogP contribution in [0.1, 0.15) is 16.2 Å². The molecule has 0 saturated carbocycles. The maximum Gasteiger partial charge on any atom is 0.337 e. The highest BCUT2D eigenvalue weighted by atomic mass is 16.5. The summed E-state index contributed by atoms with van der Waals surface area (Å²) in [4.78, 5) is 28.1.